The van der Waals surface area contributed by atoms with E-state index in [1.807, 2.05) is 25.1 Å². The van der Waals surface area contributed by atoms with E-state index in [0.717, 1.165) is 28.7 Å². The average molecular weight is 282 g/mol. The Labute approximate surface area is 126 Å². The maximum absolute atomic E-state index is 10.8. The van der Waals surface area contributed by atoms with Gasteiger partial charge in [-0.3, -0.25) is 0 Å². The molecule has 0 atom stereocenters. The highest BCUT2D eigenvalue weighted by atomic mass is 16.5. The molecule has 0 fully saturated rings. The summed E-state index contributed by atoms with van der Waals surface area (Å²) >= 11 is 0. The lowest BCUT2D eigenvalue weighted by Gasteiger charge is -2.23. The van der Waals surface area contributed by atoms with Gasteiger partial charge in [-0.1, -0.05) is 56.3 Å². The number of ether oxygens (including phenoxy) is 1. The molecule has 110 valence electrons. The first-order chi connectivity index (χ1) is 10.0. The fraction of sp³-hybridized carbons (Fsp3) is 0.316. The molecule has 0 aliphatic rings. The van der Waals surface area contributed by atoms with Crippen LogP contribution >= 0.6 is 0 Å². The van der Waals surface area contributed by atoms with Crippen molar-refractivity contribution in [3.63, 3.8) is 0 Å². The summed E-state index contributed by atoms with van der Waals surface area (Å²) < 4.78 is 5.95. The number of carbonyl (C=O) groups excluding carboxylic acids is 1. The predicted octanol–water partition coefficient (Wildman–Crippen LogP) is 4.44. The van der Waals surface area contributed by atoms with Gasteiger partial charge in [0.05, 0.1) is 0 Å². The Morgan fingerprint density at radius 2 is 1.81 bits per heavy atom. The fourth-order valence-electron chi connectivity index (χ4n) is 2.24. The predicted molar refractivity (Wildman–Crippen MR) is 85.7 cm³/mol. The molecule has 0 unspecified atom stereocenters. The lowest BCUT2D eigenvalue weighted by atomic mass is 9.81. The quantitative estimate of drug-likeness (QED) is 0.732. The second kappa shape index (κ2) is 6.57. The summed E-state index contributed by atoms with van der Waals surface area (Å²) in [5, 5.41) is 0. The Kier molecular flexibility index (Phi) is 4.79. The van der Waals surface area contributed by atoms with E-state index in [1.54, 1.807) is 0 Å². The van der Waals surface area contributed by atoms with Gasteiger partial charge >= 0.3 is 0 Å². The molecule has 0 saturated heterocycles. The Bertz CT molecular complexity index is 600. The normalized spacial score (nSPS) is 11.2. The molecule has 0 aromatic heterocycles. The second-order valence-corrected chi connectivity index (χ2v) is 6.01. The molecule has 0 radical (unpaired) electrons. The highest BCUT2D eigenvalue weighted by Gasteiger charge is 2.21. The van der Waals surface area contributed by atoms with Crippen LogP contribution in [0, 0.1) is 6.92 Å². The molecule has 0 heterocycles. The van der Waals surface area contributed by atoms with Crippen molar-refractivity contribution in [2.24, 2.45) is 0 Å². The van der Waals surface area contributed by atoms with Crippen LogP contribution in [0.2, 0.25) is 0 Å². The number of hydrogen-bond donors (Lipinski definition) is 0. The summed E-state index contributed by atoms with van der Waals surface area (Å²) in [4.78, 5) is 10.8. The zero-order valence-electron chi connectivity index (χ0n) is 12.9. The fourth-order valence-corrected chi connectivity index (χ4v) is 2.24. The van der Waals surface area contributed by atoms with Crippen LogP contribution in [0.3, 0.4) is 0 Å². The van der Waals surface area contributed by atoms with Gasteiger partial charge in [0.2, 0.25) is 0 Å². The van der Waals surface area contributed by atoms with Crippen molar-refractivity contribution < 1.29 is 9.53 Å². The van der Waals surface area contributed by atoms with Gasteiger partial charge in [-0.2, -0.15) is 0 Å². The molecule has 2 aromatic carbocycles. The van der Waals surface area contributed by atoms with Crippen LogP contribution in [0.15, 0.2) is 48.5 Å². The zero-order chi connectivity index (χ0) is 15.3. The van der Waals surface area contributed by atoms with Crippen molar-refractivity contribution in [2.75, 3.05) is 0 Å². The monoisotopic (exact) mass is 282 g/mol. The van der Waals surface area contributed by atoms with E-state index in [1.165, 1.54) is 0 Å². The second-order valence-electron chi connectivity index (χ2n) is 6.01. The van der Waals surface area contributed by atoms with E-state index in [0.29, 0.717) is 13.0 Å². The van der Waals surface area contributed by atoms with E-state index in [-0.39, 0.29) is 5.41 Å². The van der Waals surface area contributed by atoms with Gasteiger partial charge in [0.15, 0.2) is 0 Å². The molecule has 2 rings (SSSR count). The summed E-state index contributed by atoms with van der Waals surface area (Å²) in [6, 6.07) is 16.3. The highest BCUT2D eigenvalue weighted by molar-refractivity contribution is 5.54. The van der Waals surface area contributed by atoms with Crippen molar-refractivity contribution in [3.8, 4) is 5.75 Å². The van der Waals surface area contributed by atoms with Crippen LogP contribution in [0.1, 0.15) is 37.0 Å². The van der Waals surface area contributed by atoms with Crippen LogP contribution in [-0.4, -0.2) is 6.29 Å². The van der Waals surface area contributed by atoms with Crippen LogP contribution in [-0.2, 0) is 16.8 Å². The van der Waals surface area contributed by atoms with E-state index in [9.17, 15) is 4.79 Å². The van der Waals surface area contributed by atoms with Crippen molar-refractivity contribution in [1.82, 2.24) is 0 Å². The molecule has 0 aliphatic heterocycles. The van der Waals surface area contributed by atoms with Gasteiger partial charge < -0.3 is 9.53 Å². The third-order valence-corrected chi connectivity index (χ3v) is 3.80. The van der Waals surface area contributed by atoms with Crippen LogP contribution in [0.25, 0.3) is 0 Å². The Morgan fingerprint density at radius 3 is 2.48 bits per heavy atom. The molecule has 0 N–H and O–H groups in total. The molecule has 2 aromatic rings. The van der Waals surface area contributed by atoms with Gasteiger partial charge in [0, 0.05) is 6.42 Å². The standard InChI is InChI=1S/C19H22O2/c1-15-9-10-17(19(2,3)11-12-20)13-18(15)21-14-16-7-5-4-6-8-16/h4-10,12-13H,11,14H2,1-3H3. The van der Waals surface area contributed by atoms with Crippen molar-refractivity contribution >= 4 is 6.29 Å². The minimum atomic E-state index is -0.166. The van der Waals surface area contributed by atoms with E-state index >= 15 is 0 Å². The summed E-state index contributed by atoms with van der Waals surface area (Å²) in [6.45, 7) is 6.75. The molecule has 0 bridgehead atoms. The number of rotatable bonds is 6. The number of benzene rings is 2. The first kappa shape index (κ1) is 15.3. The maximum Gasteiger partial charge on any atom is 0.123 e. The van der Waals surface area contributed by atoms with Crippen LogP contribution < -0.4 is 4.74 Å². The molecule has 0 saturated carbocycles. The molecule has 0 aliphatic carbocycles. The van der Waals surface area contributed by atoms with Gasteiger partial charge in [0.25, 0.3) is 0 Å². The van der Waals surface area contributed by atoms with E-state index in [4.69, 9.17) is 4.74 Å². The SMILES string of the molecule is Cc1ccc(C(C)(C)CC=O)cc1OCc1ccccc1. The summed E-state index contributed by atoms with van der Waals surface area (Å²) in [5.74, 6) is 0.885. The zero-order valence-corrected chi connectivity index (χ0v) is 12.9. The van der Waals surface area contributed by atoms with Crippen molar-refractivity contribution in [1.29, 1.82) is 0 Å². The minimum Gasteiger partial charge on any atom is -0.489 e. The molecular weight excluding hydrogens is 260 g/mol. The van der Waals surface area contributed by atoms with Crippen molar-refractivity contribution in [2.45, 2.75) is 39.2 Å². The summed E-state index contributed by atoms with van der Waals surface area (Å²) in [5.41, 5.74) is 3.22. The Morgan fingerprint density at radius 1 is 1.10 bits per heavy atom. The molecule has 21 heavy (non-hydrogen) atoms. The Balaban J connectivity index is 2.17. The molecule has 0 spiro atoms. The van der Waals surface area contributed by atoms with Crippen molar-refractivity contribution in [3.05, 3.63) is 65.2 Å². The molecular formula is C19H22O2. The van der Waals surface area contributed by atoms with Gasteiger partial charge in [-0.05, 0) is 35.1 Å². The van der Waals surface area contributed by atoms with Crippen LogP contribution in [0.4, 0.5) is 0 Å². The number of hydrogen-bond acceptors (Lipinski definition) is 2. The molecule has 0 amide bonds. The lowest BCUT2D eigenvalue weighted by Crippen LogP contribution is -2.17. The first-order valence-electron chi connectivity index (χ1n) is 7.24. The number of aryl methyl sites for hydroxylation is 1. The smallest absolute Gasteiger partial charge is 0.123 e. The van der Waals surface area contributed by atoms with Crippen LogP contribution in [0.5, 0.6) is 5.75 Å². The third kappa shape index (κ3) is 3.94. The summed E-state index contributed by atoms with van der Waals surface area (Å²) in [7, 11) is 0. The largest absolute Gasteiger partial charge is 0.489 e. The topological polar surface area (TPSA) is 26.3 Å². The van der Waals surface area contributed by atoms with Gasteiger partial charge in [-0.15, -0.1) is 0 Å². The lowest BCUT2D eigenvalue weighted by molar-refractivity contribution is -0.108. The molecule has 2 heteroatoms. The number of carbonyl (C=O) groups is 1. The van der Waals surface area contributed by atoms with E-state index in [2.05, 4.69) is 44.2 Å². The summed E-state index contributed by atoms with van der Waals surface area (Å²) in [6.07, 6.45) is 1.48. The van der Waals surface area contributed by atoms with Gasteiger partial charge in [-0.25, -0.2) is 0 Å². The van der Waals surface area contributed by atoms with E-state index < -0.39 is 0 Å². The number of aldehydes is 1. The highest BCUT2D eigenvalue weighted by Crippen LogP contribution is 2.31. The minimum absolute atomic E-state index is 0.166. The average Bonchev–Trinajstić information content (AvgIpc) is 2.47. The maximum atomic E-state index is 10.8. The Hall–Kier alpha value is -2.09. The molecule has 2 nitrogen and oxygen atoms in total. The first-order valence-corrected chi connectivity index (χ1v) is 7.24. The van der Waals surface area contributed by atoms with Gasteiger partial charge in [0.1, 0.15) is 18.6 Å². The third-order valence-electron chi connectivity index (χ3n) is 3.80.